The van der Waals surface area contributed by atoms with E-state index in [9.17, 15) is 14.9 Å². The Kier molecular flexibility index (Phi) is 4.71. The van der Waals surface area contributed by atoms with E-state index in [4.69, 9.17) is 4.74 Å². The summed E-state index contributed by atoms with van der Waals surface area (Å²) in [6.07, 6.45) is 2.82. The van der Waals surface area contributed by atoms with Crippen molar-refractivity contribution in [2.75, 3.05) is 13.1 Å². The van der Waals surface area contributed by atoms with Crippen LogP contribution < -0.4 is 0 Å². The van der Waals surface area contributed by atoms with Crippen LogP contribution in [0.2, 0.25) is 0 Å². The predicted molar refractivity (Wildman–Crippen MR) is 99.5 cm³/mol. The smallest absolute Gasteiger partial charge is 0.410 e. The van der Waals surface area contributed by atoms with E-state index >= 15 is 0 Å². The van der Waals surface area contributed by atoms with E-state index in [-0.39, 0.29) is 6.09 Å². The number of fused-ring (bicyclic) bond motifs is 3. The number of amides is 1. The average Bonchev–Trinajstić information content (AvgIpc) is 2.69. The van der Waals surface area contributed by atoms with Gasteiger partial charge in [-0.1, -0.05) is 18.2 Å². The van der Waals surface area contributed by atoms with Crippen molar-refractivity contribution >= 4 is 23.1 Å². The molecule has 0 N–H and O–H groups in total. The number of hydrogen-bond acceptors (Lipinski definition) is 4. The quantitative estimate of drug-likeness (QED) is 0.607. The number of carbonyl (C=O) groups excluding carboxylic acids is 1. The molecule has 0 saturated carbocycles. The Morgan fingerprint density at radius 3 is 2.65 bits per heavy atom. The van der Waals surface area contributed by atoms with Gasteiger partial charge in [0.15, 0.2) is 0 Å². The molecule has 1 aliphatic rings. The first kappa shape index (κ1) is 18.0. The minimum Gasteiger partial charge on any atom is -0.444 e. The molecule has 2 heterocycles. The Hall–Kier alpha value is -2.83. The molecule has 0 saturated heterocycles. The van der Waals surface area contributed by atoms with Crippen molar-refractivity contribution in [2.45, 2.75) is 39.3 Å². The van der Waals surface area contributed by atoms with Crippen molar-refractivity contribution in [3.63, 3.8) is 0 Å². The van der Waals surface area contributed by atoms with Gasteiger partial charge in [-0.25, -0.2) is 4.79 Å². The maximum absolute atomic E-state index is 12.4. The Balaban J connectivity index is 1.94. The predicted octanol–water partition coefficient (Wildman–Crippen LogP) is 3.68. The second kappa shape index (κ2) is 6.82. The fourth-order valence-corrected chi connectivity index (χ4v) is 3.31. The van der Waals surface area contributed by atoms with Gasteiger partial charge in [0, 0.05) is 54.3 Å². The number of nitrogens with zero attached hydrogens (tertiary/aromatic N) is 3. The van der Waals surface area contributed by atoms with E-state index in [0.717, 1.165) is 28.4 Å². The number of benzene rings is 1. The summed E-state index contributed by atoms with van der Waals surface area (Å²) >= 11 is 0. The lowest BCUT2D eigenvalue weighted by atomic mass is 10.1. The molecular weight excluding hydrogens is 334 g/mol. The molecule has 3 rings (SSSR count). The van der Waals surface area contributed by atoms with Gasteiger partial charge in [0.1, 0.15) is 5.60 Å². The van der Waals surface area contributed by atoms with Gasteiger partial charge in [-0.2, -0.15) is 0 Å². The summed E-state index contributed by atoms with van der Waals surface area (Å²) < 4.78 is 7.63. The number of para-hydroxylation sites is 1. The van der Waals surface area contributed by atoms with Crippen molar-refractivity contribution in [1.29, 1.82) is 0 Å². The Morgan fingerprint density at radius 2 is 1.96 bits per heavy atom. The number of carbonyl (C=O) groups is 1. The van der Waals surface area contributed by atoms with Crippen molar-refractivity contribution in [2.24, 2.45) is 0 Å². The lowest BCUT2D eigenvalue weighted by molar-refractivity contribution is -0.400. The molecule has 0 spiro atoms. The Bertz CT molecular complexity index is 877. The van der Waals surface area contributed by atoms with Crippen LogP contribution in [0.25, 0.3) is 17.0 Å². The van der Waals surface area contributed by atoms with Crippen LogP contribution in [-0.2, 0) is 17.7 Å². The summed E-state index contributed by atoms with van der Waals surface area (Å²) in [5, 5.41) is 11.8. The number of rotatable bonds is 2. The van der Waals surface area contributed by atoms with Crippen LogP contribution in [0.1, 0.15) is 32.0 Å². The van der Waals surface area contributed by atoms with Crippen LogP contribution in [0.3, 0.4) is 0 Å². The summed E-state index contributed by atoms with van der Waals surface area (Å²) in [6, 6.07) is 7.86. The maximum atomic E-state index is 12.4. The monoisotopic (exact) mass is 357 g/mol. The fourth-order valence-electron chi connectivity index (χ4n) is 3.31. The summed E-state index contributed by atoms with van der Waals surface area (Å²) in [5.41, 5.74) is 2.35. The lowest BCUT2D eigenvalue weighted by Gasteiger charge is -2.26. The van der Waals surface area contributed by atoms with E-state index in [1.807, 2.05) is 45.0 Å². The van der Waals surface area contributed by atoms with E-state index in [0.29, 0.717) is 26.1 Å². The highest BCUT2D eigenvalue weighted by Crippen LogP contribution is 2.29. The molecule has 0 radical (unpaired) electrons. The molecule has 7 heteroatoms. The minimum atomic E-state index is -0.537. The molecule has 0 aliphatic carbocycles. The zero-order valence-corrected chi connectivity index (χ0v) is 15.3. The molecule has 1 amide bonds. The average molecular weight is 357 g/mol. The molecule has 0 unspecified atom stereocenters. The van der Waals surface area contributed by atoms with Crippen LogP contribution in [-0.4, -0.2) is 39.2 Å². The maximum Gasteiger partial charge on any atom is 0.410 e. The first-order valence-electron chi connectivity index (χ1n) is 8.66. The van der Waals surface area contributed by atoms with E-state index < -0.39 is 10.5 Å². The second-order valence-electron chi connectivity index (χ2n) is 7.35. The van der Waals surface area contributed by atoms with Gasteiger partial charge in [-0.3, -0.25) is 10.1 Å². The normalized spacial score (nSPS) is 15.1. The summed E-state index contributed by atoms with van der Waals surface area (Å²) in [5.74, 6) is 0. The first-order valence-corrected chi connectivity index (χ1v) is 8.66. The van der Waals surface area contributed by atoms with Gasteiger partial charge < -0.3 is 14.2 Å². The summed E-state index contributed by atoms with van der Waals surface area (Å²) in [6.45, 7) is 7.23. The van der Waals surface area contributed by atoms with Gasteiger partial charge in [0.2, 0.25) is 6.20 Å². The fraction of sp³-hybridized carbons (Fsp3) is 0.421. The largest absolute Gasteiger partial charge is 0.444 e. The van der Waals surface area contributed by atoms with Gasteiger partial charge in [-0.05, 0) is 26.8 Å². The summed E-state index contributed by atoms with van der Waals surface area (Å²) in [4.78, 5) is 24.4. The van der Waals surface area contributed by atoms with E-state index in [1.165, 1.54) is 0 Å². The summed E-state index contributed by atoms with van der Waals surface area (Å²) in [7, 11) is 0. The van der Waals surface area contributed by atoms with Crippen LogP contribution in [0.5, 0.6) is 0 Å². The van der Waals surface area contributed by atoms with Crippen LogP contribution in [0.15, 0.2) is 30.5 Å². The van der Waals surface area contributed by atoms with Gasteiger partial charge in [0.25, 0.3) is 0 Å². The molecule has 1 aromatic carbocycles. The van der Waals surface area contributed by atoms with Crippen LogP contribution >= 0.6 is 0 Å². The molecule has 138 valence electrons. The Morgan fingerprint density at radius 1 is 1.23 bits per heavy atom. The molecule has 0 atom stereocenters. The third kappa shape index (κ3) is 3.71. The van der Waals surface area contributed by atoms with Gasteiger partial charge in [-0.15, -0.1) is 0 Å². The van der Waals surface area contributed by atoms with Crippen molar-refractivity contribution in [3.05, 3.63) is 51.8 Å². The highest BCUT2D eigenvalue weighted by Gasteiger charge is 2.26. The molecule has 0 fully saturated rings. The molecular formula is C19H23N3O4. The SMILES string of the molecule is CC(C)(C)OC(=O)N1CCc2c(/C=C/[N+](=O)[O-])c3ccccc3n2CC1. The highest BCUT2D eigenvalue weighted by molar-refractivity contribution is 5.91. The standard InChI is InChI=1S/C19H23N3O4/c1-19(2,3)26-18(23)20-10-9-17-15(8-11-22(24)25)14-6-4-5-7-16(14)21(17)13-12-20/h4-8,11H,9-10,12-13H2,1-3H3/b11-8+. The van der Waals surface area contributed by atoms with E-state index in [2.05, 4.69) is 4.57 Å². The first-order chi connectivity index (χ1) is 12.3. The molecule has 1 aliphatic heterocycles. The zero-order valence-electron chi connectivity index (χ0n) is 15.3. The van der Waals surface area contributed by atoms with Crippen molar-refractivity contribution in [1.82, 2.24) is 9.47 Å². The lowest BCUT2D eigenvalue weighted by Crippen LogP contribution is -2.38. The highest BCUT2D eigenvalue weighted by atomic mass is 16.6. The molecule has 26 heavy (non-hydrogen) atoms. The van der Waals surface area contributed by atoms with Crippen molar-refractivity contribution in [3.8, 4) is 0 Å². The van der Waals surface area contributed by atoms with Gasteiger partial charge >= 0.3 is 6.09 Å². The third-order valence-electron chi connectivity index (χ3n) is 4.35. The number of aromatic nitrogens is 1. The van der Waals surface area contributed by atoms with E-state index in [1.54, 1.807) is 11.0 Å². The van der Waals surface area contributed by atoms with Crippen LogP contribution in [0, 0.1) is 10.1 Å². The number of nitro groups is 1. The molecule has 2 aromatic rings. The molecule has 0 bridgehead atoms. The Labute approximate surface area is 152 Å². The van der Waals surface area contributed by atoms with Crippen molar-refractivity contribution < 1.29 is 14.5 Å². The zero-order chi connectivity index (χ0) is 18.9. The van der Waals surface area contributed by atoms with Crippen LogP contribution in [0.4, 0.5) is 4.79 Å². The number of ether oxygens (including phenoxy) is 1. The topological polar surface area (TPSA) is 77.6 Å². The third-order valence-corrected chi connectivity index (χ3v) is 4.35. The van der Waals surface area contributed by atoms with Gasteiger partial charge in [0.05, 0.1) is 4.92 Å². The molecule has 7 nitrogen and oxygen atoms in total. The molecule has 1 aromatic heterocycles. The minimum absolute atomic E-state index is 0.324. The number of hydrogen-bond donors (Lipinski definition) is 0. The second-order valence-corrected chi connectivity index (χ2v) is 7.35.